The van der Waals surface area contributed by atoms with Crippen molar-refractivity contribution in [1.82, 2.24) is 10.2 Å². The predicted molar refractivity (Wildman–Crippen MR) is 69.3 cm³/mol. The van der Waals surface area contributed by atoms with Crippen LogP contribution in [0.2, 0.25) is 10.0 Å². The third-order valence-electron chi connectivity index (χ3n) is 3.13. The van der Waals surface area contributed by atoms with E-state index in [2.05, 4.69) is 23.2 Å². The highest BCUT2D eigenvalue weighted by atomic mass is 35.5. The normalized spacial score (nSPS) is 19.7. The lowest BCUT2D eigenvalue weighted by Crippen LogP contribution is -2.44. The topological polar surface area (TPSA) is 15.3 Å². The number of halogens is 2. The summed E-state index contributed by atoms with van der Waals surface area (Å²) in [6.45, 7) is 6.39. The fourth-order valence-electron chi connectivity index (χ4n) is 2.11. The van der Waals surface area contributed by atoms with E-state index in [1.807, 2.05) is 12.1 Å². The molecule has 1 heterocycles. The highest BCUT2D eigenvalue weighted by Gasteiger charge is 2.20. The Morgan fingerprint density at radius 3 is 2.62 bits per heavy atom. The van der Waals surface area contributed by atoms with Crippen LogP contribution < -0.4 is 5.32 Å². The van der Waals surface area contributed by atoms with Crippen molar-refractivity contribution in [2.24, 2.45) is 0 Å². The van der Waals surface area contributed by atoms with Gasteiger partial charge >= 0.3 is 0 Å². The average molecular weight is 259 g/mol. The molecule has 0 aromatic heterocycles. The lowest BCUT2D eigenvalue weighted by atomic mass is 10.1. The first-order valence-corrected chi connectivity index (χ1v) is 6.34. The molecule has 4 heteroatoms. The zero-order valence-corrected chi connectivity index (χ0v) is 10.9. The molecule has 0 saturated carbocycles. The zero-order chi connectivity index (χ0) is 11.5. The maximum atomic E-state index is 6.23. The summed E-state index contributed by atoms with van der Waals surface area (Å²) in [4.78, 5) is 2.42. The average Bonchev–Trinajstić information content (AvgIpc) is 2.33. The van der Waals surface area contributed by atoms with Crippen LogP contribution in [0.15, 0.2) is 18.2 Å². The molecule has 1 atom stereocenters. The molecule has 0 bridgehead atoms. The van der Waals surface area contributed by atoms with Gasteiger partial charge in [-0.1, -0.05) is 35.3 Å². The molecule has 0 radical (unpaired) electrons. The molecule has 1 aliphatic rings. The molecule has 1 aromatic carbocycles. The van der Waals surface area contributed by atoms with Crippen LogP contribution in [-0.2, 0) is 0 Å². The van der Waals surface area contributed by atoms with Gasteiger partial charge in [-0.25, -0.2) is 0 Å². The van der Waals surface area contributed by atoms with Crippen LogP contribution >= 0.6 is 23.2 Å². The van der Waals surface area contributed by atoms with E-state index in [1.165, 1.54) is 0 Å². The van der Waals surface area contributed by atoms with Crippen LogP contribution in [0.3, 0.4) is 0 Å². The van der Waals surface area contributed by atoms with Gasteiger partial charge < -0.3 is 5.32 Å². The van der Waals surface area contributed by atoms with E-state index in [1.54, 1.807) is 0 Å². The molecule has 0 amide bonds. The van der Waals surface area contributed by atoms with Crippen LogP contribution in [0.25, 0.3) is 0 Å². The van der Waals surface area contributed by atoms with Crippen LogP contribution in [0, 0.1) is 0 Å². The van der Waals surface area contributed by atoms with E-state index in [9.17, 15) is 0 Å². The van der Waals surface area contributed by atoms with Crippen molar-refractivity contribution < 1.29 is 0 Å². The second kappa shape index (κ2) is 5.37. The molecule has 0 aliphatic carbocycles. The molecule has 1 fully saturated rings. The van der Waals surface area contributed by atoms with Crippen molar-refractivity contribution >= 4 is 23.2 Å². The van der Waals surface area contributed by atoms with Crippen molar-refractivity contribution in [2.45, 2.75) is 13.0 Å². The Labute approximate surface area is 107 Å². The summed E-state index contributed by atoms with van der Waals surface area (Å²) in [7, 11) is 0. The minimum atomic E-state index is 0.327. The quantitative estimate of drug-likeness (QED) is 0.878. The standard InChI is InChI=1S/C12H16Cl2N2/c1-9(16-7-5-15-6-8-16)10-3-2-4-11(13)12(10)14/h2-4,9,15H,5-8H2,1H3. The summed E-state index contributed by atoms with van der Waals surface area (Å²) >= 11 is 12.3. The van der Waals surface area contributed by atoms with Crippen LogP contribution in [0.5, 0.6) is 0 Å². The number of hydrogen-bond donors (Lipinski definition) is 1. The molecule has 2 rings (SSSR count). The zero-order valence-electron chi connectivity index (χ0n) is 9.34. The summed E-state index contributed by atoms with van der Waals surface area (Å²) in [6.07, 6.45) is 0. The summed E-state index contributed by atoms with van der Waals surface area (Å²) in [5.41, 5.74) is 1.12. The largest absolute Gasteiger partial charge is 0.314 e. The Morgan fingerprint density at radius 2 is 1.94 bits per heavy atom. The first-order valence-electron chi connectivity index (χ1n) is 5.59. The summed E-state index contributed by atoms with van der Waals surface area (Å²) in [5.74, 6) is 0. The Kier molecular flexibility index (Phi) is 4.09. The molecule has 88 valence electrons. The van der Waals surface area contributed by atoms with Crippen molar-refractivity contribution in [1.29, 1.82) is 0 Å². The highest BCUT2D eigenvalue weighted by Crippen LogP contribution is 2.32. The van der Waals surface area contributed by atoms with Crippen LogP contribution in [0.1, 0.15) is 18.5 Å². The second-order valence-corrected chi connectivity index (χ2v) is 4.89. The SMILES string of the molecule is CC(c1cccc(Cl)c1Cl)N1CCNCC1. The van der Waals surface area contributed by atoms with Crippen LogP contribution in [-0.4, -0.2) is 31.1 Å². The number of nitrogens with zero attached hydrogens (tertiary/aromatic N) is 1. The van der Waals surface area contributed by atoms with E-state index in [0.29, 0.717) is 16.1 Å². The summed E-state index contributed by atoms with van der Waals surface area (Å²) in [6, 6.07) is 6.18. The predicted octanol–water partition coefficient (Wildman–Crippen LogP) is 2.96. The second-order valence-electron chi connectivity index (χ2n) is 4.10. The number of piperazine rings is 1. The van der Waals surface area contributed by atoms with Gasteiger partial charge in [-0.3, -0.25) is 4.90 Å². The van der Waals surface area contributed by atoms with Crippen molar-refractivity contribution in [2.75, 3.05) is 26.2 Å². The maximum absolute atomic E-state index is 6.23. The van der Waals surface area contributed by atoms with Gasteiger partial charge in [0.05, 0.1) is 10.0 Å². The lowest BCUT2D eigenvalue weighted by Gasteiger charge is -2.33. The molecule has 1 unspecified atom stereocenters. The Balaban J connectivity index is 2.19. The van der Waals surface area contributed by atoms with Gasteiger partial charge in [0.15, 0.2) is 0 Å². The molecule has 0 spiro atoms. The molecule has 1 N–H and O–H groups in total. The fraction of sp³-hybridized carbons (Fsp3) is 0.500. The Hall–Kier alpha value is -0.280. The van der Waals surface area contributed by atoms with Gasteiger partial charge in [0.1, 0.15) is 0 Å². The fourth-order valence-corrected chi connectivity index (χ4v) is 2.57. The van der Waals surface area contributed by atoms with Gasteiger partial charge in [0, 0.05) is 32.2 Å². The van der Waals surface area contributed by atoms with Gasteiger partial charge in [-0.2, -0.15) is 0 Å². The molecule has 16 heavy (non-hydrogen) atoms. The van der Waals surface area contributed by atoms with E-state index in [0.717, 1.165) is 31.7 Å². The molecule has 2 nitrogen and oxygen atoms in total. The molecular weight excluding hydrogens is 243 g/mol. The summed E-state index contributed by atoms with van der Waals surface area (Å²) < 4.78 is 0. The minimum Gasteiger partial charge on any atom is -0.314 e. The number of hydrogen-bond acceptors (Lipinski definition) is 2. The van der Waals surface area contributed by atoms with Gasteiger partial charge in [0.25, 0.3) is 0 Å². The Morgan fingerprint density at radius 1 is 1.25 bits per heavy atom. The molecule has 1 saturated heterocycles. The number of benzene rings is 1. The smallest absolute Gasteiger partial charge is 0.0640 e. The van der Waals surface area contributed by atoms with Crippen LogP contribution in [0.4, 0.5) is 0 Å². The van der Waals surface area contributed by atoms with Gasteiger partial charge in [-0.05, 0) is 18.6 Å². The number of nitrogens with one attached hydrogen (secondary N) is 1. The molecule has 1 aliphatic heterocycles. The van der Waals surface area contributed by atoms with E-state index < -0.39 is 0 Å². The van der Waals surface area contributed by atoms with E-state index in [4.69, 9.17) is 23.2 Å². The lowest BCUT2D eigenvalue weighted by molar-refractivity contribution is 0.185. The minimum absolute atomic E-state index is 0.327. The molecule has 1 aromatic rings. The van der Waals surface area contributed by atoms with E-state index in [-0.39, 0.29) is 0 Å². The maximum Gasteiger partial charge on any atom is 0.0640 e. The summed E-state index contributed by atoms with van der Waals surface area (Å²) in [5, 5.41) is 4.68. The van der Waals surface area contributed by atoms with E-state index >= 15 is 0 Å². The third kappa shape index (κ3) is 2.51. The van der Waals surface area contributed by atoms with Gasteiger partial charge in [-0.15, -0.1) is 0 Å². The molecular formula is C12H16Cl2N2. The van der Waals surface area contributed by atoms with Gasteiger partial charge in [0.2, 0.25) is 0 Å². The van der Waals surface area contributed by atoms with Crippen molar-refractivity contribution in [3.63, 3.8) is 0 Å². The number of rotatable bonds is 2. The highest BCUT2D eigenvalue weighted by molar-refractivity contribution is 6.42. The monoisotopic (exact) mass is 258 g/mol. The first kappa shape index (κ1) is 12.2. The van der Waals surface area contributed by atoms with Crippen molar-refractivity contribution in [3.05, 3.63) is 33.8 Å². The third-order valence-corrected chi connectivity index (χ3v) is 3.96. The van der Waals surface area contributed by atoms with Crippen molar-refractivity contribution in [3.8, 4) is 0 Å². The first-order chi connectivity index (χ1) is 7.70. The Bertz CT molecular complexity index is 362.